The molecule has 1 amide bonds. The molecule has 0 aromatic carbocycles. The van der Waals surface area contributed by atoms with Gasteiger partial charge in [-0.1, -0.05) is 159 Å². The number of carbonyl (C=O) groups is 2. The van der Waals surface area contributed by atoms with E-state index in [2.05, 4.69) is 43.5 Å². The van der Waals surface area contributed by atoms with Crippen molar-refractivity contribution in [1.29, 1.82) is 0 Å². The van der Waals surface area contributed by atoms with E-state index < -0.39 is 12.1 Å². The molecule has 0 spiro atoms. The molecule has 3 N–H and O–H groups in total. The smallest absolute Gasteiger partial charge is 0.305 e. The Labute approximate surface area is 322 Å². The minimum absolute atomic E-state index is 0.0498. The molecule has 0 fully saturated rings. The fraction of sp³-hybridized carbons (Fsp3) is 0.826. The lowest BCUT2D eigenvalue weighted by molar-refractivity contribution is -0.143. The molecular formula is C46H85NO5. The van der Waals surface area contributed by atoms with Gasteiger partial charge in [-0.05, 0) is 83.5 Å². The Morgan fingerprint density at radius 1 is 0.519 bits per heavy atom. The van der Waals surface area contributed by atoms with Crippen LogP contribution in [-0.4, -0.2) is 47.4 Å². The largest absolute Gasteiger partial charge is 0.466 e. The van der Waals surface area contributed by atoms with E-state index in [4.69, 9.17) is 4.74 Å². The summed E-state index contributed by atoms with van der Waals surface area (Å²) in [5.41, 5.74) is 0. The summed E-state index contributed by atoms with van der Waals surface area (Å²) in [6, 6.07) is -0.652. The number of ether oxygens (including phenoxy) is 1. The SMILES string of the molecule is CCCCC/C=C\CCCCCCCC(=O)OCCCC/C=C\CCCCCCC(=O)NC(CO)C(O)/C=C/CCCCCCCCCCCCC. The normalized spacial score (nSPS) is 13.1. The highest BCUT2D eigenvalue weighted by Gasteiger charge is 2.18. The van der Waals surface area contributed by atoms with E-state index in [9.17, 15) is 19.8 Å². The van der Waals surface area contributed by atoms with Crippen molar-refractivity contribution in [3.63, 3.8) is 0 Å². The molecule has 2 atom stereocenters. The van der Waals surface area contributed by atoms with Gasteiger partial charge in [0.25, 0.3) is 0 Å². The molecule has 52 heavy (non-hydrogen) atoms. The highest BCUT2D eigenvalue weighted by Crippen LogP contribution is 2.13. The predicted molar refractivity (Wildman–Crippen MR) is 222 cm³/mol. The Morgan fingerprint density at radius 3 is 1.40 bits per heavy atom. The third kappa shape index (κ3) is 37.8. The molecule has 2 unspecified atom stereocenters. The molecule has 304 valence electrons. The first kappa shape index (κ1) is 50.1. The van der Waals surface area contributed by atoms with E-state index in [0.717, 1.165) is 77.0 Å². The second kappa shape index (κ2) is 41.8. The van der Waals surface area contributed by atoms with Crippen LogP contribution in [0.5, 0.6) is 0 Å². The number of amides is 1. The Bertz CT molecular complexity index is 854. The van der Waals surface area contributed by atoms with Crippen molar-refractivity contribution in [3.05, 3.63) is 36.5 Å². The summed E-state index contributed by atoms with van der Waals surface area (Å²) >= 11 is 0. The standard InChI is InChI=1S/C46H85NO5/c1-3-5-7-9-11-13-15-17-18-22-26-30-34-38-44(49)43(42-48)47-45(50)39-35-31-27-23-20-21-25-29-33-37-41-52-46(51)40-36-32-28-24-19-16-14-12-10-8-6-4-2/h12,14,21,25,34,38,43-44,48-49H,3-11,13,15-20,22-24,26-33,35-37,39-42H2,1-2H3,(H,47,50)/b14-12-,25-21-,38-34+. The molecule has 0 aromatic heterocycles. The van der Waals surface area contributed by atoms with Crippen LogP contribution in [0.15, 0.2) is 36.5 Å². The van der Waals surface area contributed by atoms with Gasteiger partial charge in [0.1, 0.15) is 0 Å². The van der Waals surface area contributed by atoms with Crippen LogP contribution in [-0.2, 0) is 14.3 Å². The molecule has 0 saturated carbocycles. The van der Waals surface area contributed by atoms with Gasteiger partial charge in [0.05, 0.1) is 25.4 Å². The van der Waals surface area contributed by atoms with Gasteiger partial charge in [0.2, 0.25) is 5.91 Å². The zero-order valence-corrected chi connectivity index (χ0v) is 34.3. The van der Waals surface area contributed by atoms with Crippen molar-refractivity contribution < 1.29 is 24.5 Å². The highest BCUT2D eigenvalue weighted by molar-refractivity contribution is 5.76. The fourth-order valence-electron chi connectivity index (χ4n) is 6.38. The Hall–Kier alpha value is -1.92. The first-order valence-corrected chi connectivity index (χ1v) is 22.3. The molecule has 0 bridgehead atoms. The summed E-state index contributed by atoms with van der Waals surface area (Å²) in [7, 11) is 0. The monoisotopic (exact) mass is 732 g/mol. The van der Waals surface area contributed by atoms with E-state index in [-0.39, 0.29) is 18.5 Å². The molecule has 0 heterocycles. The van der Waals surface area contributed by atoms with Crippen molar-refractivity contribution in [2.75, 3.05) is 13.2 Å². The Morgan fingerprint density at radius 2 is 0.904 bits per heavy atom. The average molecular weight is 732 g/mol. The fourth-order valence-corrected chi connectivity index (χ4v) is 6.38. The van der Waals surface area contributed by atoms with Crippen molar-refractivity contribution in [1.82, 2.24) is 5.32 Å². The number of nitrogens with one attached hydrogen (secondary N) is 1. The van der Waals surface area contributed by atoms with E-state index in [1.54, 1.807) is 6.08 Å². The van der Waals surface area contributed by atoms with Crippen LogP contribution in [0.4, 0.5) is 0 Å². The van der Waals surface area contributed by atoms with Crippen molar-refractivity contribution >= 4 is 11.9 Å². The number of aliphatic hydroxyl groups excluding tert-OH is 2. The first-order valence-electron chi connectivity index (χ1n) is 22.3. The zero-order chi connectivity index (χ0) is 38.0. The number of allylic oxidation sites excluding steroid dienone is 5. The third-order valence-electron chi connectivity index (χ3n) is 9.88. The van der Waals surface area contributed by atoms with Gasteiger partial charge in [0.15, 0.2) is 0 Å². The minimum atomic E-state index is -0.865. The maximum Gasteiger partial charge on any atom is 0.305 e. The van der Waals surface area contributed by atoms with Crippen molar-refractivity contribution in [3.8, 4) is 0 Å². The molecule has 0 aromatic rings. The quantitative estimate of drug-likeness (QED) is 0.0331. The Kier molecular flexibility index (Phi) is 40.3. The van der Waals surface area contributed by atoms with E-state index in [1.165, 1.54) is 116 Å². The van der Waals surface area contributed by atoms with Crippen LogP contribution in [0, 0.1) is 0 Å². The van der Waals surface area contributed by atoms with Gasteiger partial charge in [-0.25, -0.2) is 0 Å². The summed E-state index contributed by atoms with van der Waals surface area (Å²) in [5.74, 6) is -0.156. The summed E-state index contributed by atoms with van der Waals surface area (Å²) in [4.78, 5) is 24.3. The van der Waals surface area contributed by atoms with Gasteiger partial charge in [0, 0.05) is 12.8 Å². The number of hydrogen-bond donors (Lipinski definition) is 3. The zero-order valence-electron chi connectivity index (χ0n) is 34.3. The molecular weight excluding hydrogens is 647 g/mol. The maximum absolute atomic E-state index is 12.4. The molecule has 6 nitrogen and oxygen atoms in total. The van der Waals surface area contributed by atoms with E-state index in [1.807, 2.05) is 6.08 Å². The molecule has 6 heteroatoms. The number of esters is 1. The van der Waals surface area contributed by atoms with Crippen molar-refractivity contribution in [2.45, 2.75) is 231 Å². The lowest BCUT2D eigenvalue weighted by atomic mass is 10.0. The molecule has 0 saturated heterocycles. The summed E-state index contributed by atoms with van der Waals surface area (Å²) in [6.45, 7) is 4.76. The van der Waals surface area contributed by atoms with E-state index in [0.29, 0.717) is 19.4 Å². The van der Waals surface area contributed by atoms with Gasteiger partial charge >= 0.3 is 5.97 Å². The van der Waals surface area contributed by atoms with Gasteiger partial charge in [-0.2, -0.15) is 0 Å². The Balaban J connectivity index is 3.61. The number of unbranched alkanes of at least 4 members (excludes halogenated alkanes) is 25. The second-order valence-corrected chi connectivity index (χ2v) is 15.0. The van der Waals surface area contributed by atoms with Crippen LogP contribution in [0.25, 0.3) is 0 Å². The van der Waals surface area contributed by atoms with Gasteiger partial charge in [-0.3, -0.25) is 9.59 Å². The number of aliphatic hydroxyl groups is 2. The van der Waals surface area contributed by atoms with Crippen LogP contribution in [0.3, 0.4) is 0 Å². The molecule has 0 aliphatic rings. The molecule has 0 aliphatic carbocycles. The number of hydrogen-bond acceptors (Lipinski definition) is 5. The lowest BCUT2D eigenvalue weighted by Gasteiger charge is -2.20. The van der Waals surface area contributed by atoms with E-state index >= 15 is 0 Å². The summed E-state index contributed by atoms with van der Waals surface area (Å²) in [5, 5.41) is 22.9. The second-order valence-electron chi connectivity index (χ2n) is 15.0. The third-order valence-corrected chi connectivity index (χ3v) is 9.88. The molecule has 0 aliphatic heterocycles. The highest BCUT2D eigenvalue weighted by atomic mass is 16.5. The first-order chi connectivity index (χ1) is 25.5. The average Bonchev–Trinajstić information content (AvgIpc) is 3.14. The van der Waals surface area contributed by atoms with Gasteiger partial charge < -0.3 is 20.3 Å². The minimum Gasteiger partial charge on any atom is -0.466 e. The summed E-state index contributed by atoms with van der Waals surface area (Å²) < 4.78 is 5.40. The molecule has 0 radical (unpaired) electrons. The van der Waals surface area contributed by atoms with Crippen LogP contribution in [0.2, 0.25) is 0 Å². The van der Waals surface area contributed by atoms with Crippen LogP contribution in [0.1, 0.15) is 219 Å². The number of rotatable bonds is 40. The number of carbonyl (C=O) groups excluding carboxylic acids is 2. The molecule has 0 rings (SSSR count). The predicted octanol–water partition coefficient (Wildman–Crippen LogP) is 12.6. The van der Waals surface area contributed by atoms with Crippen LogP contribution >= 0.6 is 0 Å². The lowest BCUT2D eigenvalue weighted by Crippen LogP contribution is -2.45. The van der Waals surface area contributed by atoms with Gasteiger partial charge in [-0.15, -0.1) is 0 Å². The topological polar surface area (TPSA) is 95.9 Å². The van der Waals surface area contributed by atoms with Crippen LogP contribution < -0.4 is 5.32 Å². The summed E-state index contributed by atoms with van der Waals surface area (Å²) in [6.07, 6.45) is 48.4. The van der Waals surface area contributed by atoms with Crippen molar-refractivity contribution in [2.24, 2.45) is 0 Å². The maximum atomic E-state index is 12.4.